The van der Waals surface area contributed by atoms with E-state index in [0.29, 0.717) is 34.8 Å². The summed E-state index contributed by atoms with van der Waals surface area (Å²) in [6.45, 7) is 15.7. The van der Waals surface area contributed by atoms with Crippen LogP contribution in [0.4, 0.5) is 5.69 Å². The number of nitrogens with zero attached hydrogens (tertiary/aromatic N) is 3. The van der Waals surface area contributed by atoms with Crippen molar-refractivity contribution in [2.45, 2.75) is 123 Å². The summed E-state index contributed by atoms with van der Waals surface area (Å²) < 4.78 is 6.20. The highest BCUT2D eigenvalue weighted by molar-refractivity contribution is 5.83. The number of anilines is 1. The molecule has 10 atom stereocenters. The summed E-state index contributed by atoms with van der Waals surface area (Å²) in [7, 11) is 5.78. The highest BCUT2D eigenvalue weighted by Gasteiger charge is 2.57. The molecule has 3 aliphatic carbocycles. The zero-order valence-corrected chi connectivity index (χ0v) is 35.5. The van der Waals surface area contributed by atoms with Crippen LogP contribution in [0.2, 0.25) is 0 Å². The van der Waals surface area contributed by atoms with Crippen molar-refractivity contribution in [2.75, 3.05) is 52.3 Å². The molecule has 7 rings (SSSR count). The number of amides is 1. The maximum absolute atomic E-state index is 14.4. The Morgan fingerprint density at radius 2 is 1.80 bits per heavy atom. The van der Waals surface area contributed by atoms with Crippen molar-refractivity contribution in [3.63, 3.8) is 0 Å². The van der Waals surface area contributed by atoms with Crippen molar-refractivity contribution in [1.29, 1.82) is 0 Å². The molecular formula is C45H71N5O6. The second-order valence-electron chi connectivity index (χ2n) is 18.8. The Hall–Kier alpha value is -2.77. The van der Waals surface area contributed by atoms with Gasteiger partial charge in [0.05, 0.1) is 26.4 Å². The molecule has 5 N–H and O–H groups in total. The smallest absolute Gasteiger partial charge is 0.240 e. The topological polar surface area (TPSA) is 130 Å². The average Bonchev–Trinajstić information content (AvgIpc) is 3.53. The van der Waals surface area contributed by atoms with Gasteiger partial charge in [-0.1, -0.05) is 52.8 Å². The zero-order valence-electron chi connectivity index (χ0n) is 35.5. The monoisotopic (exact) mass is 778 g/mol. The quantitative estimate of drug-likeness (QED) is 0.138. The van der Waals surface area contributed by atoms with Gasteiger partial charge >= 0.3 is 0 Å². The van der Waals surface area contributed by atoms with Crippen molar-refractivity contribution in [2.24, 2.45) is 35.0 Å². The average molecular weight is 778 g/mol. The van der Waals surface area contributed by atoms with Gasteiger partial charge in [0.15, 0.2) is 0 Å². The van der Waals surface area contributed by atoms with E-state index in [0.717, 1.165) is 73.3 Å². The molecule has 1 unspecified atom stereocenters. The lowest BCUT2D eigenvalue weighted by atomic mass is 9.45. The van der Waals surface area contributed by atoms with Crippen LogP contribution in [0.25, 0.3) is 11.1 Å². The number of benzene rings is 2. The molecule has 5 aliphatic rings. The van der Waals surface area contributed by atoms with E-state index in [1.54, 1.807) is 19.1 Å². The number of carbonyl (C=O) groups is 1. The second kappa shape index (κ2) is 18.0. The van der Waals surface area contributed by atoms with Crippen LogP contribution in [0.1, 0.15) is 97.4 Å². The van der Waals surface area contributed by atoms with Crippen LogP contribution < -0.4 is 20.3 Å². The molecule has 0 radical (unpaired) electrons. The minimum Gasteiger partial charge on any atom is -0.496 e. The Bertz CT molecular complexity index is 1620. The van der Waals surface area contributed by atoms with E-state index in [2.05, 4.69) is 87.3 Å². The second-order valence-corrected chi connectivity index (χ2v) is 18.8. The van der Waals surface area contributed by atoms with Crippen molar-refractivity contribution in [1.82, 2.24) is 20.6 Å². The van der Waals surface area contributed by atoms with Crippen LogP contribution in [-0.4, -0.2) is 109 Å². The van der Waals surface area contributed by atoms with E-state index in [4.69, 9.17) is 9.57 Å². The summed E-state index contributed by atoms with van der Waals surface area (Å²) in [5.41, 5.74) is 4.77. The Morgan fingerprint density at radius 3 is 2.41 bits per heavy atom. The number of aliphatic hydroxyl groups is 3. The van der Waals surface area contributed by atoms with Gasteiger partial charge in [-0.25, -0.2) is 0 Å². The summed E-state index contributed by atoms with van der Waals surface area (Å²) >= 11 is 0. The van der Waals surface area contributed by atoms with Gasteiger partial charge in [-0.3, -0.25) is 14.9 Å². The van der Waals surface area contributed by atoms with Crippen LogP contribution in [0.15, 0.2) is 36.4 Å². The molecular weight excluding hydrogens is 707 g/mol. The molecule has 3 saturated carbocycles. The van der Waals surface area contributed by atoms with Crippen LogP contribution in [0, 0.1) is 35.0 Å². The molecule has 11 nitrogen and oxygen atoms in total. The predicted octanol–water partition coefficient (Wildman–Crippen LogP) is 5.57. The first kappa shape index (κ1) is 42.8. The van der Waals surface area contributed by atoms with Gasteiger partial charge in [-0.05, 0) is 118 Å². The van der Waals surface area contributed by atoms with Gasteiger partial charge in [-0.2, -0.15) is 5.06 Å². The number of hydrogen-bond acceptors (Lipinski definition) is 10. The Morgan fingerprint density at radius 1 is 1.07 bits per heavy atom. The number of ether oxygens (including phenoxy) is 1. The van der Waals surface area contributed by atoms with E-state index in [-0.39, 0.29) is 31.1 Å². The maximum Gasteiger partial charge on any atom is 0.240 e. The molecule has 2 aromatic carbocycles. The van der Waals surface area contributed by atoms with Gasteiger partial charge in [0.25, 0.3) is 0 Å². The lowest BCUT2D eigenvalue weighted by Crippen LogP contribution is -2.62. The number of hydroxylamine groups is 2. The summed E-state index contributed by atoms with van der Waals surface area (Å²) in [6, 6.07) is 11.7. The number of para-hydroxylation sites is 1. The predicted molar refractivity (Wildman–Crippen MR) is 222 cm³/mol. The molecule has 0 aromatic heterocycles. The van der Waals surface area contributed by atoms with Gasteiger partial charge in [-0.15, -0.1) is 0 Å². The summed E-state index contributed by atoms with van der Waals surface area (Å²) in [4.78, 5) is 25.3. The highest BCUT2D eigenvalue weighted by Crippen LogP contribution is 2.61. The molecule has 2 aliphatic heterocycles. The number of methoxy groups -OCH3 is 1. The standard InChI is InChI=1S/C45H71N5O6/c1-27(2)18-34(25-48(7)8)46-43(53)32-19-31(20-35(21-32)49-16-11-10-12-17-49)36-15-13-14-30(42(36)55-9)24-50-41(40(29(4)52)39(26-51)56-50)44(54)47-38-23-33-22-37(28(38)3)45(33,5)6/h13-15,19-21,27-29,33-34,37-41,43,46,51-53H,10-12,16-18,22-26H2,1-9H3,(H,47,54)/t28-,29-,33-,34-,37+,38-,39-,40+,41-,43?/m0/s1. The van der Waals surface area contributed by atoms with Crippen LogP contribution in [0.3, 0.4) is 0 Å². The normalized spacial score (nSPS) is 29.2. The molecule has 0 spiro atoms. The number of rotatable bonds is 16. The number of fused-ring (bicyclic) bond motifs is 2. The van der Waals surface area contributed by atoms with E-state index >= 15 is 0 Å². The first-order valence-electron chi connectivity index (χ1n) is 21.3. The Labute approximate surface area is 336 Å². The van der Waals surface area contributed by atoms with E-state index in [1.807, 2.05) is 18.2 Å². The fraction of sp³-hybridized carbons (Fsp3) is 0.711. The van der Waals surface area contributed by atoms with Gasteiger partial charge < -0.3 is 35.2 Å². The fourth-order valence-corrected chi connectivity index (χ4v) is 10.6. The Balaban J connectivity index is 1.31. The number of aliphatic hydroxyl groups excluding tert-OH is 3. The van der Waals surface area contributed by atoms with E-state index in [1.165, 1.54) is 12.8 Å². The highest BCUT2D eigenvalue weighted by atomic mass is 16.7. The third kappa shape index (κ3) is 9.09. The molecule has 1 amide bonds. The molecule has 2 aromatic rings. The van der Waals surface area contributed by atoms with Crippen molar-refractivity contribution >= 4 is 11.6 Å². The lowest BCUT2D eigenvalue weighted by Gasteiger charge is -2.62. The van der Waals surface area contributed by atoms with Crippen molar-refractivity contribution < 1.29 is 29.7 Å². The zero-order chi connectivity index (χ0) is 40.5. The Kier molecular flexibility index (Phi) is 13.8. The first-order chi connectivity index (χ1) is 26.6. The molecule has 5 fully saturated rings. The third-order valence-electron chi connectivity index (χ3n) is 13.7. The molecule has 56 heavy (non-hydrogen) atoms. The van der Waals surface area contributed by atoms with Gasteiger partial charge in [0.2, 0.25) is 5.91 Å². The lowest BCUT2D eigenvalue weighted by molar-refractivity contribution is -0.183. The number of likely N-dealkylation sites (N-methyl/N-ethyl adjacent to an activating group) is 1. The minimum absolute atomic E-state index is 0.0524. The van der Waals surface area contributed by atoms with Crippen molar-refractivity contribution in [3.8, 4) is 16.9 Å². The third-order valence-corrected chi connectivity index (χ3v) is 13.7. The SMILES string of the molecule is COc1c(CN2O[C@@H](CO)[C@@H]([C@H](C)O)[C@H]2C(=O)N[C@H]2C[C@@H]3C[C@H]([C@@H]2C)C3(C)C)cccc1-c1cc(C(O)N[C@@H](CC(C)C)CN(C)C)cc(N2CCCCC2)c1. The van der Waals surface area contributed by atoms with Crippen molar-refractivity contribution in [3.05, 3.63) is 47.5 Å². The minimum atomic E-state index is -0.883. The molecule has 2 bridgehead atoms. The number of carbonyl (C=O) groups excluding carboxylic acids is 1. The summed E-state index contributed by atoms with van der Waals surface area (Å²) in [5.74, 6) is 1.82. The molecule has 11 heteroatoms. The molecule has 2 saturated heterocycles. The first-order valence-corrected chi connectivity index (χ1v) is 21.3. The number of nitrogens with one attached hydrogen (secondary N) is 2. The fourth-order valence-electron chi connectivity index (χ4n) is 10.6. The summed E-state index contributed by atoms with van der Waals surface area (Å²) in [6.07, 6.45) is 4.08. The van der Waals surface area contributed by atoms with Gasteiger partial charge in [0.1, 0.15) is 24.1 Å². The van der Waals surface area contributed by atoms with E-state index in [9.17, 15) is 20.1 Å². The van der Waals surface area contributed by atoms with Crippen LogP contribution in [0.5, 0.6) is 5.75 Å². The van der Waals surface area contributed by atoms with Crippen LogP contribution in [-0.2, 0) is 16.2 Å². The van der Waals surface area contributed by atoms with Crippen LogP contribution >= 0.6 is 0 Å². The number of piperidine rings is 1. The van der Waals surface area contributed by atoms with Gasteiger partial charge in [0, 0.05) is 54.5 Å². The van der Waals surface area contributed by atoms with E-state index < -0.39 is 30.4 Å². The summed E-state index contributed by atoms with van der Waals surface area (Å²) in [5, 5.41) is 41.8. The maximum atomic E-state index is 14.4. The molecule has 2 heterocycles. The molecule has 312 valence electrons. The number of hydrogen-bond donors (Lipinski definition) is 5. The largest absolute Gasteiger partial charge is 0.496 e.